The van der Waals surface area contributed by atoms with Crippen LogP contribution in [0.5, 0.6) is 0 Å². The molecular weight excluding hydrogens is 248 g/mol. The summed E-state index contributed by atoms with van der Waals surface area (Å²) in [5.41, 5.74) is 2.33. The summed E-state index contributed by atoms with van der Waals surface area (Å²) in [7, 11) is 1.99. The van der Waals surface area contributed by atoms with Crippen molar-refractivity contribution in [3.05, 3.63) is 28.8 Å². The summed E-state index contributed by atoms with van der Waals surface area (Å²) >= 11 is 6.07. The molecule has 100 valence electrons. The van der Waals surface area contributed by atoms with Crippen LogP contribution >= 0.6 is 11.6 Å². The van der Waals surface area contributed by atoms with Crippen LogP contribution < -0.4 is 10.2 Å². The third-order valence-corrected chi connectivity index (χ3v) is 3.75. The quantitative estimate of drug-likeness (QED) is 0.832. The maximum absolute atomic E-state index is 9.26. The fourth-order valence-corrected chi connectivity index (χ4v) is 2.08. The van der Waals surface area contributed by atoms with Gasteiger partial charge < -0.3 is 15.3 Å². The van der Waals surface area contributed by atoms with Crippen LogP contribution in [0.25, 0.3) is 0 Å². The van der Waals surface area contributed by atoms with Gasteiger partial charge >= 0.3 is 0 Å². The Hall–Kier alpha value is -0.770. The molecule has 1 saturated carbocycles. The van der Waals surface area contributed by atoms with Crippen molar-refractivity contribution in [2.45, 2.75) is 38.4 Å². The van der Waals surface area contributed by atoms with E-state index in [-0.39, 0.29) is 12.6 Å². The van der Waals surface area contributed by atoms with Crippen molar-refractivity contribution in [1.82, 2.24) is 5.32 Å². The van der Waals surface area contributed by atoms with Gasteiger partial charge in [-0.25, -0.2) is 0 Å². The van der Waals surface area contributed by atoms with Gasteiger partial charge in [0.1, 0.15) is 0 Å². The van der Waals surface area contributed by atoms with Crippen LogP contribution in [0.1, 0.15) is 25.3 Å². The topological polar surface area (TPSA) is 35.5 Å². The third-order valence-electron chi connectivity index (χ3n) is 3.51. The molecule has 0 aromatic heterocycles. The third kappa shape index (κ3) is 3.37. The lowest BCUT2D eigenvalue weighted by molar-refractivity contribution is 0.270. The molecule has 4 heteroatoms. The fraction of sp³-hybridized carbons (Fsp3) is 0.571. The van der Waals surface area contributed by atoms with Gasteiger partial charge in [0.15, 0.2) is 0 Å². The number of nitrogens with one attached hydrogen (secondary N) is 1. The zero-order valence-electron chi connectivity index (χ0n) is 11.0. The molecule has 2 N–H and O–H groups in total. The Labute approximate surface area is 114 Å². The minimum absolute atomic E-state index is 0.0862. The second-order valence-electron chi connectivity index (χ2n) is 5.07. The zero-order chi connectivity index (χ0) is 13.1. The van der Waals surface area contributed by atoms with Crippen LogP contribution in [0.4, 0.5) is 5.69 Å². The molecule has 0 radical (unpaired) electrons. The van der Waals surface area contributed by atoms with Crippen LogP contribution in [-0.2, 0) is 6.54 Å². The number of rotatable bonds is 6. The maximum Gasteiger partial charge on any atom is 0.0632 e. The molecule has 0 heterocycles. The smallest absolute Gasteiger partial charge is 0.0632 e. The molecule has 2 rings (SSSR count). The van der Waals surface area contributed by atoms with E-state index in [2.05, 4.69) is 16.3 Å². The summed E-state index contributed by atoms with van der Waals surface area (Å²) in [6, 6.07) is 6.73. The van der Waals surface area contributed by atoms with Crippen molar-refractivity contribution in [2.24, 2.45) is 0 Å². The molecule has 0 saturated heterocycles. The molecule has 1 unspecified atom stereocenters. The number of benzene rings is 1. The summed E-state index contributed by atoms with van der Waals surface area (Å²) in [6.07, 6.45) is 2.57. The minimum Gasteiger partial charge on any atom is -0.394 e. The molecule has 0 amide bonds. The molecular formula is C14H21ClN2O. The van der Waals surface area contributed by atoms with E-state index in [1.54, 1.807) is 0 Å². The first kappa shape index (κ1) is 13.7. The number of hydrogen-bond donors (Lipinski definition) is 2. The van der Waals surface area contributed by atoms with Crippen LogP contribution in [-0.4, -0.2) is 30.8 Å². The molecule has 1 aliphatic carbocycles. The Balaban J connectivity index is 2.15. The predicted molar refractivity (Wildman–Crippen MR) is 76.3 cm³/mol. The van der Waals surface area contributed by atoms with Crippen molar-refractivity contribution in [1.29, 1.82) is 0 Å². The molecule has 1 aromatic rings. The molecule has 0 bridgehead atoms. The average molecular weight is 269 g/mol. The van der Waals surface area contributed by atoms with Gasteiger partial charge in [-0.1, -0.05) is 17.7 Å². The van der Waals surface area contributed by atoms with Gasteiger partial charge in [-0.05, 0) is 37.5 Å². The molecule has 0 aliphatic heterocycles. The number of anilines is 1. The Bertz CT molecular complexity index is 407. The average Bonchev–Trinajstić information content (AvgIpc) is 3.19. The van der Waals surface area contributed by atoms with Gasteiger partial charge in [-0.15, -0.1) is 0 Å². The molecule has 18 heavy (non-hydrogen) atoms. The van der Waals surface area contributed by atoms with Gasteiger partial charge in [0.2, 0.25) is 0 Å². The Morgan fingerprint density at radius 2 is 2.22 bits per heavy atom. The maximum atomic E-state index is 9.26. The zero-order valence-corrected chi connectivity index (χ0v) is 11.7. The van der Waals surface area contributed by atoms with Crippen LogP contribution in [0.3, 0.4) is 0 Å². The van der Waals surface area contributed by atoms with Crippen molar-refractivity contribution in [3.63, 3.8) is 0 Å². The molecule has 1 aliphatic rings. The summed E-state index contributed by atoms with van der Waals surface area (Å²) in [4.78, 5) is 2.08. The largest absolute Gasteiger partial charge is 0.394 e. The van der Waals surface area contributed by atoms with E-state index in [1.165, 1.54) is 18.4 Å². The van der Waals surface area contributed by atoms with E-state index in [0.29, 0.717) is 6.04 Å². The summed E-state index contributed by atoms with van der Waals surface area (Å²) in [5, 5.41) is 13.5. The molecule has 0 spiro atoms. The minimum atomic E-state index is 0.0862. The van der Waals surface area contributed by atoms with Crippen LogP contribution in [0.15, 0.2) is 18.2 Å². The molecule has 1 aromatic carbocycles. The molecule has 3 nitrogen and oxygen atoms in total. The normalized spacial score (nSPS) is 16.7. The van der Waals surface area contributed by atoms with Crippen LogP contribution in [0.2, 0.25) is 5.02 Å². The second kappa shape index (κ2) is 5.91. The SMILES string of the molecule is CC(CO)N(C)c1cc(Cl)ccc1CNC1CC1. The van der Waals surface area contributed by atoms with E-state index in [0.717, 1.165) is 17.3 Å². The summed E-state index contributed by atoms with van der Waals surface area (Å²) < 4.78 is 0. The van der Waals surface area contributed by atoms with Crippen molar-refractivity contribution < 1.29 is 5.11 Å². The van der Waals surface area contributed by atoms with E-state index in [1.807, 2.05) is 26.1 Å². The van der Waals surface area contributed by atoms with Crippen molar-refractivity contribution in [2.75, 3.05) is 18.6 Å². The number of aliphatic hydroxyl groups excluding tert-OH is 1. The first-order valence-electron chi connectivity index (χ1n) is 6.47. The highest BCUT2D eigenvalue weighted by atomic mass is 35.5. The van der Waals surface area contributed by atoms with Gasteiger partial charge in [-0.2, -0.15) is 0 Å². The highest BCUT2D eigenvalue weighted by molar-refractivity contribution is 6.30. The van der Waals surface area contributed by atoms with Gasteiger partial charge in [0.25, 0.3) is 0 Å². The Morgan fingerprint density at radius 3 is 2.83 bits per heavy atom. The fourth-order valence-electron chi connectivity index (χ4n) is 1.92. The molecule has 1 atom stereocenters. The number of halogens is 1. The lowest BCUT2D eigenvalue weighted by Gasteiger charge is -2.28. The van der Waals surface area contributed by atoms with E-state index >= 15 is 0 Å². The van der Waals surface area contributed by atoms with Crippen molar-refractivity contribution in [3.8, 4) is 0 Å². The number of hydrogen-bond acceptors (Lipinski definition) is 3. The van der Waals surface area contributed by atoms with Gasteiger partial charge in [0.05, 0.1) is 6.61 Å². The predicted octanol–water partition coefficient (Wildman–Crippen LogP) is 2.41. The lowest BCUT2D eigenvalue weighted by atomic mass is 10.1. The standard InChI is InChI=1S/C14H21ClN2O/c1-10(9-18)17(2)14-7-12(15)4-3-11(14)8-16-13-5-6-13/h3-4,7,10,13,16,18H,5-6,8-9H2,1-2H3. The first-order valence-corrected chi connectivity index (χ1v) is 6.85. The molecule has 1 fully saturated rings. The van der Waals surface area contributed by atoms with Gasteiger partial charge in [0, 0.05) is 36.4 Å². The lowest BCUT2D eigenvalue weighted by Crippen LogP contribution is -2.33. The van der Waals surface area contributed by atoms with E-state index in [9.17, 15) is 5.11 Å². The number of aliphatic hydroxyl groups is 1. The Morgan fingerprint density at radius 1 is 1.50 bits per heavy atom. The first-order chi connectivity index (χ1) is 8.61. The Kier molecular flexibility index (Phi) is 4.49. The summed E-state index contributed by atoms with van der Waals surface area (Å²) in [5.74, 6) is 0. The van der Waals surface area contributed by atoms with Crippen LogP contribution in [0, 0.1) is 0 Å². The second-order valence-corrected chi connectivity index (χ2v) is 5.51. The van der Waals surface area contributed by atoms with E-state index < -0.39 is 0 Å². The highest BCUT2D eigenvalue weighted by Gasteiger charge is 2.21. The number of likely N-dealkylation sites (N-methyl/N-ethyl adjacent to an activating group) is 1. The van der Waals surface area contributed by atoms with Gasteiger partial charge in [-0.3, -0.25) is 0 Å². The number of nitrogens with zero attached hydrogens (tertiary/aromatic N) is 1. The highest BCUT2D eigenvalue weighted by Crippen LogP contribution is 2.27. The summed E-state index contributed by atoms with van der Waals surface area (Å²) in [6.45, 7) is 3.00. The monoisotopic (exact) mass is 268 g/mol. The van der Waals surface area contributed by atoms with Crippen molar-refractivity contribution >= 4 is 17.3 Å². The van der Waals surface area contributed by atoms with E-state index in [4.69, 9.17) is 11.6 Å².